The molecule has 0 atom stereocenters. The van der Waals surface area contributed by atoms with Crippen molar-refractivity contribution >= 4 is 23.3 Å². The van der Waals surface area contributed by atoms with Crippen LogP contribution in [-0.4, -0.2) is 36.6 Å². The molecule has 1 aromatic carbocycles. The predicted molar refractivity (Wildman–Crippen MR) is 96.0 cm³/mol. The van der Waals surface area contributed by atoms with Crippen LogP contribution in [0.15, 0.2) is 42.6 Å². The first kappa shape index (κ1) is 17.0. The lowest BCUT2D eigenvalue weighted by molar-refractivity contribution is 0.0526. The summed E-state index contributed by atoms with van der Waals surface area (Å²) in [6.07, 6.45) is 4.01. The third-order valence-electron chi connectivity index (χ3n) is 4.10. The smallest absolute Gasteiger partial charge is 0.338 e. The number of carbonyl (C=O) groups excluding carboxylic acids is 2. The Balaban J connectivity index is 1.67. The lowest BCUT2D eigenvalue weighted by atomic mass is 10.2. The van der Waals surface area contributed by atoms with Gasteiger partial charge in [0.15, 0.2) is 0 Å². The van der Waals surface area contributed by atoms with Gasteiger partial charge in [0.2, 0.25) is 0 Å². The quantitative estimate of drug-likeness (QED) is 0.848. The van der Waals surface area contributed by atoms with Gasteiger partial charge in [-0.1, -0.05) is 0 Å². The molecular formula is C19H21N3O3. The molecule has 1 aromatic heterocycles. The Morgan fingerprint density at radius 3 is 2.56 bits per heavy atom. The number of esters is 1. The van der Waals surface area contributed by atoms with Crippen LogP contribution in [0.4, 0.5) is 11.4 Å². The van der Waals surface area contributed by atoms with Crippen molar-refractivity contribution in [3.05, 3.63) is 53.9 Å². The molecule has 1 N–H and O–H groups in total. The van der Waals surface area contributed by atoms with Gasteiger partial charge >= 0.3 is 5.97 Å². The molecule has 130 valence electrons. The molecule has 6 nitrogen and oxygen atoms in total. The number of benzene rings is 1. The van der Waals surface area contributed by atoms with Crippen LogP contribution < -0.4 is 10.2 Å². The highest BCUT2D eigenvalue weighted by atomic mass is 16.5. The van der Waals surface area contributed by atoms with Gasteiger partial charge < -0.3 is 15.0 Å². The second-order valence-electron chi connectivity index (χ2n) is 5.85. The summed E-state index contributed by atoms with van der Waals surface area (Å²) < 4.78 is 4.94. The van der Waals surface area contributed by atoms with Crippen molar-refractivity contribution < 1.29 is 14.3 Å². The molecule has 3 rings (SSSR count). The third-order valence-corrected chi connectivity index (χ3v) is 4.10. The summed E-state index contributed by atoms with van der Waals surface area (Å²) in [6, 6.07) is 10.3. The van der Waals surface area contributed by atoms with E-state index in [0.29, 0.717) is 23.6 Å². The highest BCUT2D eigenvalue weighted by Crippen LogP contribution is 2.20. The molecule has 1 amide bonds. The van der Waals surface area contributed by atoms with Gasteiger partial charge in [0, 0.05) is 30.7 Å². The summed E-state index contributed by atoms with van der Waals surface area (Å²) in [5.41, 5.74) is 2.45. The molecule has 0 spiro atoms. The number of pyridine rings is 1. The standard InChI is InChI=1S/C19H21N3O3/c1-2-25-19(24)14-5-7-15(8-6-14)21-18(23)17-13-16(9-10-20-17)22-11-3-4-12-22/h5-10,13H,2-4,11-12H2,1H3,(H,21,23). The van der Waals surface area contributed by atoms with E-state index in [-0.39, 0.29) is 11.9 Å². The Hall–Kier alpha value is -2.89. The van der Waals surface area contributed by atoms with Gasteiger partial charge in [-0.3, -0.25) is 9.78 Å². The first-order valence-corrected chi connectivity index (χ1v) is 8.47. The fourth-order valence-electron chi connectivity index (χ4n) is 2.81. The summed E-state index contributed by atoms with van der Waals surface area (Å²) >= 11 is 0. The van der Waals surface area contributed by atoms with Gasteiger partial charge in [-0.15, -0.1) is 0 Å². The summed E-state index contributed by atoms with van der Waals surface area (Å²) in [5, 5.41) is 2.80. The summed E-state index contributed by atoms with van der Waals surface area (Å²) in [7, 11) is 0. The van der Waals surface area contributed by atoms with E-state index in [4.69, 9.17) is 4.74 Å². The van der Waals surface area contributed by atoms with Gasteiger partial charge in [-0.25, -0.2) is 4.79 Å². The van der Waals surface area contributed by atoms with Crippen LogP contribution in [0.1, 0.15) is 40.6 Å². The van der Waals surface area contributed by atoms with Crippen LogP contribution in [0.25, 0.3) is 0 Å². The maximum atomic E-state index is 12.4. The molecule has 0 saturated carbocycles. The number of anilines is 2. The first-order chi connectivity index (χ1) is 12.2. The van der Waals surface area contributed by atoms with Crippen molar-refractivity contribution in [1.29, 1.82) is 0 Å². The van der Waals surface area contributed by atoms with Crippen molar-refractivity contribution in [3.8, 4) is 0 Å². The van der Waals surface area contributed by atoms with E-state index in [1.165, 1.54) is 12.8 Å². The van der Waals surface area contributed by atoms with Crippen molar-refractivity contribution in [2.24, 2.45) is 0 Å². The van der Waals surface area contributed by atoms with Gasteiger partial charge in [-0.2, -0.15) is 0 Å². The van der Waals surface area contributed by atoms with Gasteiger partial charge in [0.05, 0.1) is 12.2 Å². The molecule has 0 radical (unpaired) electrons. The summed E-state index contributed by atoms with van der Waals surface area (Å²) in [5.74, 6) is -0.648. The van der Waals surface area contributed by atoms with Crippen LogP contribution in [0, 0.1) is 0 Å². The van der Waals surface area contributed by atoms with Gasteiger partial charge in [-0.05, 0) is 56.2 Å². The Kier molecular flexibility index (Phi) is 5.28. The minimum absolute atomic E-state index is 0.273. The zero-order valence-corrected chi connectivity index (χ0v) is 14.2. The number of carbonyl (C=O) groups is 2. The number of rotatable bonds is 5. The van der Waals surface area contributed by atoms with E-state index in [9.17, 15) is 9.59 Å². The van der Waals surface area contributed by atoms with E-state index in [2.05, 4.69) is 15.2 Å². The minimum Gasteiger partial charge on any atom is -0.462 e. The number of hydrogen-bond acceptors (Lipinski definition) is 5. The van der Waals surface area contributed by atoms with Crippen molar-refractivity contribution in [1.82, 2.24) is 4.98 Å². The SMILES string of the molecule is CCOC(=O)c1ccc(NC(=O)c2cc(N3CCCC3)ccn2)cc1. The summed E-state index contributed by atoms with van der Waals surface area (Å²) in [6.45, 7) is 4.12. The fourth-order valence-corrected chi connectivity index (χ4v) is 2.81. The molecule has 0 unspecified atom stereocenters. The molecular weight excluding hydrogens is 318 g/mol. The monoisotopic (exact) mass is 339 g/mol. The molecule has 0 bridgehead atoms. The second-order valence-corrected chi connectivity index (χ2v) is 5.85. The highest BCUT2D eigenvalue weighted by Gasteiger charge is 2.15. The van der Waals surface area contributed by atoms with Crippen molar-refractivity contribution in [3.63, 3.8) is 0 Å². The second kappa shape index (κ2) is 7.79. The van der Waals surface area contributed by atoms with E-state index < -0.39 is 0 Å². The molecule has 0 aliphatic carbocycles. The van der Waals surface area contributed by atoms with Crippen LogP contribution in [0.2, 0.25) is 0 Å². The van der Waals surface area contributed by atoms with E-state index in [1.54, 1.807) is 37.4 Å². The Morgan fingerprint density at radius 1 is 1.16 bits per heavy atom. The molecule has 1 aliphatic rings. The highest BCUT2D eigenvalue weighted by molar-refractivity contribution is 6.03. The zero-order valence-electron chi connectivity index (χ0n) is 14.2. The molecule has 2 aromatic rings. The largest absolute Gasteiger partial charge is 0.462 e. The number of hydrogen-bond donors (Lipinski definition) is 1. The number of nitrogens with zero attached hydrogens (tertiary/aromatic N) is 2. The topological polar surface area (TPSA) is 71.5 Å². The first-order valence-electron chi connectivity index (χ1n) is 8.47. The molecule has 1 aliphatic heterocycles. The minimum atomic E-state index is -0.375. The van der Waals surface area contributed by atoms with E-state index in [0.717, 1.165) is 18.8 Å². The lowest BCUT2D eigenvalue weighted by Crippen LogP contribution is -2.19. The molecule has 25 heavy (non-hydrogen) atoms. The predicted octanol–water partition coefficient (Wildman–Crippen LogP) is 3.11. The maximum Gasteiger partial charge on any atom is 0.338 e. The van der Waals surface area contributed by atoms with Gasteiger partial charge in [0.1, 0.15) is 5.69 Å². The Morgan fingerprint density at radius 2 is 1.88 bits per heavy atom. The van der Waals surface area contributed by atoms with Crippen molar-refractivity contribution in [2.45, 2.75) is 19.8 Å². The molecule has 6 heteroatoms. The normalized spacial score (nSPS) is 13.6. The Labute approximate surface area is 146 Å². The van der Waals surface area contributed by atoms with E-state index in [1.807, 2.05) is 12.1 Å². The number of amides is 1. The molecule has 1 saturated heterocycles. The average Bonchev–Trinajstić information content (AvgIpc) is 3.17. The van der Waals surface area contributed by atoms with Crippen LogP contribution >= 0.6 is 0 Å². The van der Waals surface area contributed by atoms with Gasteiger partial charge in [0.25, 0.3) is 5.91 Å². The summed E-state index contributed by atoms with van der Waals surface area (Å²) in [4.78, 5) is 30.5. The zero-order chi connectivity index (χ0) is 17.6. The van der Waals surface area contributed by atoms with Crippen LogP contribution in [0.5, 0.6) is 0 Å². The number of nitrogens with one attached hydrogen (secondary N) is 1. The van der Waals surface area contributed by atoms with Crippen LogP contribution in [-0.2, 0) is 4.74 Å². The van der Waals surface area contributed by atoms with Crippen LogP contribution in [0.3, 0.4) is 0 Å². The molecule has 1 fully saturated rings. The fraction of sp³-hybridized carbons (Fsp3) is 0.316. The number of aromatic nitrogens is 1. The van der Waals surface area contributed by atoms with E-state index >= 15 is 0 Å². The number of ether oxygens (including phenoxy) is 1. The van der Waals surface area contributed by atoms with Crippen molar-refractivity contribution in [2.75, 3.05) is 29.9 Å². The molecule has 2 heterocycles. The lowest BCUT2D eigenvalue weighted by Gasteiger charge is -2.17. The maximum absolute atomic E-state index is 12.4. The third kappa shape index (κ3) is 4.15. The average molecular weight is 339 g/mol. The Bertz CT molecular complexity index is 753.